The number of hydrogen-bond donors (Lipinski definition) is 1. The van der Waals surface area contributed by atoms with E-state index < -0.39 is 17.7 Å². The second kappa shape index (κ2) is 7.00. The highest BCUT2D eigenvalue weighted by molar-refractivity contribution is 5.87. The van der Waals surface area contributed by atoms with E-state index in [1.54, 1.807) is 26.0 Å². The minimum atomic E-state index is -4.35. The first-order valence-electron chi connectivity index (χ1n) is 9.64. The van der Waals surface area contributed by atoms with E-state index in [1.165, 1.54) is 6.07 Å². The largest absolute Gasteiger partial charge is 0.476 e. The van der Waals surface area contributed by atoms with Gasteiger partial charge in [0.1, 0.15) is 0 Å². The van der Waals surface area contributed by atoms with Crippen LogP contribution in [0.4, 0.5) is 19.1 Å². The van der Waals surface area contributed by atoms with E-state index in [-0.39, 0.29) is 23.4 Å². The van der Waals surface area contributed by atoms with Gasteiger partial charge in [0.15, 0.2) is 5.69 Å². The average Bonchev–Trinajstić information content (AvgIpc) is 3.22. The van der Waals surface area contributed by atoms with Crippen LogP contribution < -0.4 is 4.90 Å². The van der Waals surface area contributed by atoms with Crippen LogP contribution in [0.5, 0.6) is 0 Å². The third kappa shape index (κ3) is 3.56. The number of hydrogen-bond acceptors (Lipinski definition) is 4. The van der Waals surface area contributed by atoms with Crippen molar-refractivity contribution in [2.24, 2.45) is 11.8 Å². The first kappa shape index (κ1) is 19.7. The summed E-state index contributed by atoms with van der Waals surface area (Å²) < 4.78 is 40.1. The fourth-order valence-corrected chi connectivity index (χ4v) is 4.79. The smallest absolute Gasteiger partial charge is 0.416 e. The van der Waals surface area contributed by atoms with Gasteiger partial charge in [-0.15, -0.1) is 0 Å². The lowest BCUT2D eigenvalue weighted by molar-refractivity contribution is -0.138. The summed E-state index contributed by atoms with van der Waals surface area (Å²) in [5.74, 6) is -0.301. The van der Waals surface area contributed by atoms with Gasteiger partial charge in [0.05, 0.1) is 5.56 Å². The number of rotatable bonds is 3. The van der Waals surface area contributed by atoms with E-state index in [0.29, 0.717) is 48.7 Å². The van der Waals surface area contributed by atoms with Gasteiger partial charge in [-0.2, -0.15) is 13.2 Å². The molecule has 1 aromatic heterocycles. The molecule has 1 aromatic carbocycles. The van der Waals surface area contributed by atoms with Crippen molar-refractivity contribution in [3.05, 3.63) is 52.3 Å². The van der Waals surface area contributed by atoms with Crippen molar-refractivity contribution >= 4 is 11.9 Å². The predicted octanol–water partition coefficient (Wildman–Crippen LogP) is 4.44. The predicted molar refractivity (Wildman–Crippen MR) is 101 cm³/mol. The van der Waals surface area contributed by atoms with E-state index in [0.717, 1.165) is 6.07 Å². The summed E-state index contributed by atoms with van der Waals surface area (Å²) >= 11 is 0. The topological polar surface area (TPSA) is 66.3 Å². The maximum atomic E-state index is 13.4. The minimum Gasteiger partial charge on any atom is -0.476 e. The second-order valence-electron chi connectivity index (χ2n) is 8.07. The van der Waals surface area contributed by atoms with Crippen LogP contribution in [-0.4, -0.2) is 34.1 Å². The molecule has 1 aliphatic heterocycles. The number of aromatic carboxylic acids is 1. The van der Waals surface area contributed by atoms with Crippen LogP contribution in [0.15, 0.2) is 24.3 Å². The van der Waals surface area contributed by atoms with Crippen molar-refractivity contribution < 1.29 is 23.1 Å². The van der Waals surface area contributed by atoms with Crippen LogP contribution >= 0.6 is 0 Å². The molecule has 2 heterocycles. The lowest BCUT2D eigenvalue weighted by Gasteiger charge is -2.22. The number of carboxylic acids is 1. The molecule has 3 atom stereocenters. The third-order valence-corrected chi connectivity index (χ3v) is 6.32. The molecule has 154 valence electrons. The molecule has 1 aliphatic carbocycles. The van der Waals surface area contributed by atoms with Gasteiger partial charge in [0.2, 0.25) is 5.95 Å². The number of nitrogens with zero attached hydrogens (tertiary/aromatic N) is 3. The Balaban J connectivity index is 1.53. The van der Waals surface area contributed by atoms with E-state index in [4.69, 9.17) is 0 Å². The Kier molecular flexibility index (Phi) is 4.75. The summed E-state index contributed by atoms with van der Waals surface area (Å²) in [5.41, 5.74) is 1.02. The van der Waals surface area contributed by atoms with Crippen LogP contribution in [-0.2, 0) is 6.18 Å². The molecule has 0 radical (unpaired) electrons. The molecule has 4 rings (SSSR count). The molecule has 29 heavy (non-hydrogen) atoms. The quantitative estimate of drug-likeness (QED) is 0.818. The first-order chi connectivity index (χ1) is 13.6. The summed E-state index contributed by atoms with van der Waals surface area (Å²) in [5, 5.41) is 9.37. The molecule has 0 bridgehead atoms. The number of carboxylic acid groups (broad SMARTS) is 1. The molecular weight excluding hydrogens is 383 g/mol. The Morgan fingerprint density at radius 3 is 2.31 bits per heavy atom. The van der Waals surface area contributed by atoms with Crippen LogP contribution in [0, 0.1) is 25.7 Å². The van der Waals surface area contributed by atoms with Gasteiger partial charge in [0.25, 0.3) is 0 Å². The molecule has 0 unspecified atom stereocenters. The van der Waals surface area contributed by atoms with E-state index in [1.807, 2.05) is 4.90 Å². The molecule has 0 amide bonds. The average molecular weight is 405 g/mol. The summed E-state index contributed by atoms with van der Waals surface area (Å²) in [7, 11) is 0. The molecule has 2 fully saturated rings. The van der Waals surface area contributed by atoms with Crippen LogP contribution in [0.3, 0.4) is 0 Å². The Labute approximate surface area is 166 Å². The maximum Gasteiger partial charge on any atom is 0.416 e. The van der Waals surface area contributed by atoms with E-state index in [9.17, 15) is 23.1 Å². The van der Waals surface area contributed by atoms with Crippen molar-refractivity contribution in [1.82, 2.24) is 9.97 Å². The van der Waals surface area contributed by atoms with Crippen LogP contribution in [0.1, 0.15) is 51.6 Å². The molecule has 2 aromatic rings. The van der Waals surface area contributed by atoms with Gasteiger partial charge in [-0.3, -0.25) is 0 Å². The van der Waals surface area contributed by atoms with Crippen molar-refractivity contribution in [3.63, 3.8) is 0 Å². The fraction of sp³-hybridized carbons (Fsp3) is 0.476. The number of fused-ring (bicyclic) bond motifs is 1. The number of halogens is 3. The van der Waals surface area contributed by atoms with Gasteiger partial charge in [-0.25, -0.2) is 14.8 Å². The Morgan fingerprint density at radius 1 is 1.10 bits per heavy atom. The zero-order valence-corrected chi connectivity index (χ0v) is 16.2. The highest BCUT2D eigenvalue weighted by Gasteiger charge is 2.44. The summed E-state index contributed by atoms with van der Waals surface area (Å²) in [6.45, 7) is 4.71. The van der Waals surface area contributed by atoms with Crippen LogP contribution in [0.25, 0.3) is 0 Å². The van der Waals surface area contributed by atoms with Crippen molar-refractivity contribution in [2.75, 3.05) is 18.0 Å². The van der Waals surface area contributed by atoms with Gasteiger partial charge < -0.3 is 10.0 Å². The van der Waals surface area contributed by atoms with Gasteiger partial charge in [0, 0.05) is 24.3 Å². The van der Waals surface area contributed by atoms with Crippen LogP contribution in [0.2, 0.25) is 0 Å². The number of benzene rings is 1. The molecular formula is C21H22F3N3O2. The minimum absolute atomic E-state index is 0.00143. The lowest BCUT2D eigenvalue weighted by Crippen LogP contribution is -2.25. The number of aryl methyl sites for hydroxylation is 1. The second-order valence-corrected chi connectivity index (χ2v) is 8.07. The standard InChI is InChI=1S/C21H22F3N3O2/c1-11-12(2)25-20(26-18(11)19(28)29)27-9-14-7-13(8-15(14)10-27)16-5-3-4-6-17(16)21(22,23)24/h3-6,13-15H,7-10H2,1-2H3,(H,28,29)/t13-,14+,15-. The van der Waals surface area contributed by atoms with E-state index in [2.05, 4.69) is 9.97 Å². The summed E-state index contributed by atoms with van der Waals surface area (Å²) in [6, 6.07) is 5.85. The molecule has 1 saturated heterocycles. The Bertz CT molecular complexity index is 947. The lowest BCUT2D eigenvalue weighted by atomic mass is 9.91. The Hall–Kier alpha value is -2.64. The molecule has 0 spiro atoms. The highest BCUT2D eigenvalue weighted by atomic mass is 19.4. The van der Waals surface area contributed by atoms with Gasteiger partial charge in [-0.1, -0.05) is 18.2 Å². The molecule has 8 heteroatoms. The maximum absolute atomic E-state index is 13.4. The summed E-state index contributed by atoms with van der Waals surface area (Å²) in [4.78, 5) is 22.1. The van der Waals surface area contributed by atoms with Crippen molar-refractivity contribution in [1.29, 1.82) is 0 Å². The van der Waals surface area contributed by atoms with Crippen molar-refractivity contribution in [2.45, 2.75) is 38.8 Å². The zero-order valence-electron chi connectivity index (χ0n) is 16.2. The normalized spacial score (nSPS) is 24.0. The monoisotopic (exact) mass is 405 g/mol. The molecule has 2 aliphatic rings. The number of carbonyl (C=O) groups is 1. The molecule has 5 nitrogen and oxygen atoms in total. The first-order valence-corrected chi connectivity index (χ1v) is 9.64. The number of alkyl halides is 3. The third-order valence-electron chi connectivity index (χ3n) is 6.32. The van der Waals surface area contributed by atoms with Crippen molar-refractivity contribution in [3.8, 4) is 0 Å². The summed E-state index contributed by atoms with van der Waals surface area (Å²) in [6.07, 6.45) is -2.98. The zero-order chi connectivity index (χ0) is 20.9. The fourth-order valence-electron chi connectivity index (χ4n) is 4.79. The van der Waals surface area contributed by atoms with E-state index >= 15 is 0 Å². The molecule has 1 saturated carbocycles. The SMILES string of the molecule is Cc1nc(N2C[C@H]3C[C@H](c4ccccc4C(F)(F)F)C[C@H]3C2)nc(C(=O)O)c1C. The number of aromatic nitrogens is 2. The highest BCUT2D eigenvalue weighted by Crippen LogP contribution is 2.49. The Morgan fingerprint density at radius 2 is 1.72 bits per heavy atom. The molecule has 1 N–H and O–H groups in total. The van der Waals surface area contributed by atoms with Gasteiger partial charge in [-0.05, 0) is 56.1 Å². The van der Waals surface area contributed by atoms with Gasteiger partial charge >= 0.3 is 12.1 Å². The number of anilines is 1.